The third-order valence-corrected chi connectivity index (χ3v) is 3.89. The van der Waals surface area contributed by atoms with E-state index >= 15 is 0 Å². The number of hydrogen-bond acceptors (Lipinski definition) is 3. The largest absolute Gasteiger partial charge is 0.412 e. The van der Waals surface area contributed by atoms with Crippen LogP contribution < -0.4 is 15.4 Å². The van der Waals surface area contributed by atoms with Crippen LogP contribution in [0.25, 0.3) is 11.1 Å². The quantitative estimate of drug-likeness (QED) is 0.656. The van der Waals surface area contributed by atoms with E-state index < -0.39 is 6.09 Å². The summed E-state index contributed by atoms with van der Waals surface area (Å²) in [4.78, 5) is 23.8. The molecular formula is C22H20N2O3. The maximum atomic E-state index is 12.2. The Morgan fingerprint density at radius 1 is 0.667 bits per heavy atom. The van der Waals surface area contributed by atoms with Gasteiger partial charge < -0.3 is 15.4 Å². The van der Waals surface area contributed by atoms with Gasteiger partial charge in [-0.2, -0.15) is 0 Å². The highest BCUT2D eigenvalue weighted by atomic mass is 16.6. The van der Waals surface area contributed by atoms with E-state index in [1.54, 1.807) is 36.4 Å². The van der Waals surface area contributed by atoms with Crippen LogP contribution in [0, 0.1) is 0 Å². The second kappa shape index (κ2) is 9.20. The van der Waals surface area contributed by atoms with Crippen LogP contribution in [-0.4, -0.2) is 25.1 Å². The third kappa shape index (κ3) is 5.44. The van der Waals surface area contributed by atoms with Crippen LogP contribution in [0.3, 0.4) is 0 Å². The number of ether oxygens (including phenoxy) is 1. The molecule has 0 unspecified atom stereocenters. The number of carbonyl (C=O) groups is 2. The highest BCUT2D eigenvalue weighted by molar-refractivity contribution is 5.94. The smallest absolute Gasteiger partial charge is 0.410 e. The molecule has 0 atom stereocenters. The molecular weight excluding hydrogens is 340 g/mol. The van der Waals surface area contributed by atoms with Gasteiger partial charge in [-0.3, -0.25) is 4.79 Å². The Morgan fingerprint density at radius 2 is 1.22 bits per heavy atom. The molecule has 0 heterocycles. The molecule has 0 spiro atoms. The van der Waals surface area contributed by atoms with Gasteiger partial charge in [-0.1, -0.05) is 60.7 Å². The lowest BCUT2D eigenvalue weighted by Gasteiger charge is -2.08. The van der Waals surface area contributed by atoms with Gasteiger partial charge in [0.25, 0.3) is 5.91 Å². The summed E-state index contributed by atoms with van der Waals surface area (Å²) in [7, 11) is 0. The van der Waals surface area contributed by atoms with Crippen LogP contribution in [0.1, 0.15) is 10.4 Å². The zero-order chi connectivity index (χ0) is 18.9. The van der Waals surface area contributed by atoms with E-state index in [1.807, 2.05) is 48.5 Å². The van der Waals surface area contributed by atoms with Gasteiger partial charge in [0.1, 0.15) is 5.75 Å². The van der Waals surface area contributed by atoms with Crippen LogP contribution in [0.2, 0.25) is 0 Å². The number of rotatable bonds is 6. The van der Waals surface area contributed by atoms with Gasteiger partial charge >= 0.3 is 6.09 Å². The van der Waals surface area contributed by atoms with Crippen LogP contribution in [0.4, 0.5) is 4.79 Å². The van der Waals surface area contributed by atoms with Gasteiger partial charge in [0.15, 0.2) is 0 Å². The van der Waals surface area contributed by atoms with Crippen molar-refractivity contribution in [1.82, 2.24) is 10.6 Å². The molecule has 3 aromatic carbocycles. The predicted octanol–water partition coefficient (Wildman–Crippen LogP) is 3.87. The molecule has 0 bridgehead atoms. The molecule has 2 N–H and O–H groups in total. The van der Waals surface area contributed by atoms with Crippen LogP contribution in [0.15, 0.2) is 84.9 Å². The fourth-order valence-electron chi connectivity index (χ4n) is 2.52. The molecule has 5 nitrogen and oxygen atoms in total. The Kier molecular flexibility index (Phi) is 6.20. The molecule has 136 valence electrons. The molecule has 0 fully saturated rings. The van der Waals surface area contributed by atoms with Gasteiger partial charge in [-0.15, -0.1) is 0 Å². The normalized spacial score (nSPS) is 10.1. The summed E-state index contributed by atoms with van der Waals surface area (Å²) in [6.45, 7) is 0.586. The average molecular weight is 360 g/mol. The first-order valence-electron chi connectivity index (χ1n) is 8.67. The average Bonchev–Trinajstić information content (AvgIpc) is 2.72. The fraction of sp³-hybridized carbons (Fsp3) is 0.0909. The molecule has 3 rings (SSSR count). The summed E-state index contributed by atoms with van der Waals surface area (Å²) < 4.78 is 5.10. The van der Waals surface area contributed by atoms with Gasteiger partial charge in [0.2, 0.25) is 0 Å². The predicted molar refractivity (Wildman–Crippen MR) is 105 cm³/mol. The highest BCUT2D eigenvalue weighted by Crippen LogP contribution is 2.19. The van der Waals surface area contributed by atoms with Crippen molar-refractivity contribution in [3.05, 3.63) is 90.5 Å². The third-order valence-electron chi connectivity index (χ3n) is 3.89. The monoisotopic (exact) mass is 360 g/mol. The summed E-state index contributed by atoms with van der Waals surface area (Å²) in [5, 5.41) is 5.36. The van der Waals surface area contributed by atoms with E-state index in [9.17, 15) is 9.59 Å². The van der Waals surface area contributed by atoms with Crippen molar-refractivity contribution < 1.29 is 14.3 Å². The summed E-state index contributed by atoms with van der Waals surface area (Å²) in [5.74, 6) is 0.283. The van der Waals surface area contributed by atoms with Gasteiger partial charge in [0, 0.05) is 18.7 Å². The van der Waals surface area contributed by atoms with E-state index in [0.29, 0.717) is 17.9 Å². The van der Waals surface area contributed by atoms with Crippen molar-refractivity contribution in [2.24, 2.45) is 0 Å². The van der Waals surface area contributed by atoms with E-state index in [-0.39, 0.29) is 12.5 Å². The van der Waals surface area contributed by atoms with Crippen molar-refractivity contribution in [3.8, 4) is 16.9 Å². The number of benzene rings is 3. The molecule has 0 radical (unpaired) electrons. The molecule has 0 saturated carbocycles. The number of nitrogens with one attached hydrogen (secondary N) is 2. The first-order valence-corrected chi connectivity index (χ1v) is 8.67. The van der Waals surface area contributed by atoms with Crippen molar-refractivity contribution in [1.29, 1.82) is 0 Å². The second-order valence-electron chi connectivity index (χ2n) is 5.83. The van der Waals surface area contributed by atoms with Crippen molar-refractivity contribution >= 4 is 12.0 Å². The first-order chi connectivity index (χ1) is 13.2. The maximum absolute atomic E-state index is 12.2. The Hall–Kier alpha value is -3.60. The lowest BCUT2D eigenvalue weighted by atomic mass is 10.0. The van der Waals surface area contributed by atoms with E-state index in [1.165, 1.54) is 0 Å². The minimum Gasteiger partial charge on any atom is -0.410 e. The second-order valence-corrected chi connectivity index (χ2v) is 5.83. The summed E-state index contributed by atoms with van der Waals surface area (Å²) in [6, 6.07) is 26.2. The van der Waals surface area contributed by atoms with Crippen LogP contribution in [0.5, 0.6) is 5.75 Å². The molecule has 0 aliphatic carbocycles. The SMILES string of the molecule is O=C(NCCNC(=O)c1ccc(-c2ccccc2)cc1)Oc1ccccc1. The topological polar surface area (TPSA) is 67.4 Å². The van der Waals surface area contributed by atoms with Gasteiger partial charge in [0.05, 0.1) is 0 Å². The van der Waals surface area contributed by atoms with E-state index in [4.69, 9.17) is 4.74 Å². The molecule has 3 aromatic rings. The lowest BCUT2D eigenvalue weighted by molar-refractivity contribution is 0.0953. The Bertz CT molecular complexity index is 878. The Labute approximate surface area is 158 Å². The minimum atomic E-state index is -0.553. The van der Waals surface area contributed by atoms with Crippen molar-refractivity contribution in [2.75, 3.05) is 13.1 Å². The molecule has 5 heteroatoms. The number of para-hydroxylation sites is 1. The summed E-state index contributed by atoms with van der Waals surface area (Å²) >= 11 is 0. The number of amides is 2. The Morgan fingerprint density at radius 3 is 1.89 bits per heavy atom. The van der Waals surface area contributed by atoms with E-state index in [0.717, 1.165) is 11.1 Å². The lowest BCUT2D eigenvalue weighted by Crippen LogP contribution is -2.36. The fourth-order valence-corrected chi connectivity index (χ4v) is 2.52. The van der Waals surface area contributed by atoms with Crippen LogP contribution in [-0.2, 0) is 0 Å². The van der Waals surface area contributed by atoms with Gasteiger partial charge in [-0.25, -0.2) is 4.79 Å². The zero-order valence-electron chi connectivity index (χ0n) is 14.7. The first kappa shape index (κ1) is 18.2. The highest BCUT2D eigenvalue weighted by Gasteiger charge is 2.07. The van der Waals surface area contributed by atoms with Crippen molar-refractivity contribution in [3.63, 3.8) is 0 Å². The number of carbonyl (C=O) groups excluding carboxylic acids is 2. The number of hydrogen-bond donors (Lipinski definition) is 2. The molecule has 0 saturated heterocycles. The molecule has 0 aliphatic rings. The van der Waals surface area contributed by atoms with Gasteiger partial charge in [-0.05, 0) is 35.4 Å². The summed E-state index contributed by atoms with van der Waals surface area (Å²) in [6.07, 6.45) is -0.553. The van der Waals surface area contributed by atoms with Crippen LogP contribution >= 0.6 is 0 Å². The maximum Gasteiger partial charge on any atom is 0.412 e. The summed E-state index contributed by atoms with van der Waals surface area (Å²) in [5.41, 5.74) is 2.73. The minimum absolute atomic E-state index is 0.187. The standard InChI is InChI=1S/C22H20N2O3/c25-21(19-13-11-18(12-14-19)17-7-3-1-4-8-17)23-15-16-24-22(26)27-20-9-5-2-6-10-20/h1-14H,15-16H2,(H,23,25)(H,24,26). The van der Waals surface area contributed by atoms with Crippen molar-refractivity contribution in [2.45, 2.75) is 0 Å². The Balaban J connectivity index is 1.42. The molecule has 0 aromatic heterocycles. The zero-order valence-corrected chi connectivity index (χ0v) is 14.7. The van der Waals surface area contributed by atoms with E-state index in [2.05, 4.69) is 10.6 Å². The molecule has 2 amide bonds. The molecule has 0 aliphatic heterocycles. The molecule has 27 heavy (non-hydrogen) atoms.